The molecule has 0 radical (unpaired) electrons. The van der Waals surface area contributed by atoms with Gasteiger partial charge in [-0.25, -0.2) is 12.7 Å². The van der Waals surface area contributed by atoms with Crippen LogP contribution in [0.4, 0.5) is 0 Å². The van der Waals surface area contributed by atoms with Crippen LogP contribution in [-0.2, 0) is 10.0 Å². The first-order valence-electron chi connectivity index (χ1n) is 8.26. The summed E-state index contributed by atoms with van der Waals surface area (Å²) in [4.78, 5) is 12.7. The lowest BCUT2D eigenvalue weighted by Gasteiger charge is -2.18. The molecule has 0 fully saturated rings. The molecule has 0 aliphatic heterocycles. The lowest BCUT2D eigenvalue weighted by Crippen LogP contribution is -2.27. The fraction of sp³-hybridized carbons (Fsp3) is 0.316. The number of rotatable bonds is 7. The second-order valence-electron chi connectivity index (χ2n) is 6.11. The maximum Gasteiger partial charge on any atom is 0.251 e. The van der Waals surface area contributed by atoms with Crippen molar-refractivity contribution in [3.63, 3.8) is 0 Å². The molecule has 27 heavy (non-hydrogen) atoms. The van der Waals surface area contributed by atoms with Crippen LogP contribution < -0.4 is 14.8 Å². The van der Waals surface area contributed by atoms with E-state index in [1.807, 2.05) is 6.92 Å². The van der Waals surface area contributed by atoms with E-state index in [-0.39, 0.29) is 16.8 Å². The van der Waals surface area contributed by atoms with Crippen LogP contribution in [0, 0.1) is 0 Å². The van der Waals surface area contributed by atoms with Crippen LogP contribution in [0.15, 0.2) is 47.4 Å². The van der Waals surface area contributed by atoms with Gasteiger partial charge in [0.15, 0.2) is 0 Å². The van der Waals surface area contributed by atoms with Gasteiger partial charge in [-0.2, -0.15) is 0 Å². The van der Waals surface area contributed by atoms with E-state index < -0.39 is 10.0 Å². The van der Waals surface area contributed by atoms with E-state index in [2.05, 4.69) is 5.32 Å². The van der Waals surface area contributed by atoms with Crippen molar-refractivity contribution < 1.29 is 22.7 Å². The van der Waals surface area contributed by atoms with E-state index in [1.54, 1.807) is 32.4 Å². The van der Waals surface area contributed by atoms with Crippen molar-refractivity contribution in [2.45, 2.75) is 17.9 Å². The van der Waals surface area contributed by atoms with Gasteiger partial charge in [0, 0.05) is 25.2 Å². The Morgan fingerprint density at radius 1 is 1.04 bits per heavy atom. The van der Waals surface area contributed by atoms with Gasteiger partial charge >= 0.3 is 0 Å². The number of hydrogen-bond donors (Lipinski definition) is 1. The molecule has 1 atom stereocenters. The number of carbonyl (C=O) groups excluding carboxylic acids is 1. The smallest absolute Gasteiger partial charge is 0.251 e. The van der Waals surface area contributed by atoms with E-state index in [0.29, 0.717) is 17.1 Å². The molecule has 0 spiro atoms. The van der Waals surface area contributed by atoms with Crippen LogP contribution in [0.2, 0.25) is 0 Å². The van der Waals surface area contributed by atoms with Crippen molar-refractivity contribution in [2.24, 2.45) is 0 Å². The second-order valence-corrected chi connectivity index (χ2v) is 8.27. The van der Waals surface area contributed by atoms with Crippen LogP contribution in [0.1, 0.15) is 28.9 Å². The van der Waals surface area contributed by atoms with Crippen LogP contribution in [-0.4, -0.2) is 46.9 Å². The molecule has 7 nitrogen and oxygen atoms in total. The van der Waals surface area contributed by atoms with Gasteiger partial charge in [0.25, 0.3) is 5.91 Å². The van der Waals surface area contributed by atoms with Crippen LogP contribution in [0.3, 0.4) is 0 Å². The fourth-order valence-corrected chi connectivity index (χ4v) is 3.43. The average molecular weight is 392 g/mol. The van der Waals surface area contributed by atoms with Gasteiger partial charge in [0.2, 0.25) is 10.0 Å². The first kappa shape index (κ1) is 20.7. The lowest BCUT2D eigenvalue weighted by atomic mass is 10.1. The van der Waals surface area contributed by atoms with Crippen molar-refractivity contribution in [1.29, 1.82) is 0 Å². The number of ether oxygens (including phenoxy) is 2. The molecule has 1 N–H and O–H groups in total. The SMILES string of the molecule is COc1ccc(OC)c([C@@H](C)NC(=O)c2ccc(S(=O)(=O)N(C)C)cc2)c1. The first-order valence-corrected chi connectivity index (χ1v) is 9.70. The molecule has 2 aromatic carbocycles. The Kier molecular flexibility index (Phi) is 6.45. The molecule has 0 unspecified atom stereocenters. The Balaban J connectivity index is 2.20. The monoisotopic (exact) mass is 392 g/mol. The Labute approximate surface area is 160 Å². The molecule has 2 aromatic rings. The maximum atomic E-state index is 12.5. The number of nitrogens with zero attached hydrogens (tertiary/aromatic N) is 1. The van der Waals surface area contributed by atoms with Gasteiger partial charge in [-0.3, -0.25) is 4.79 Å². The standard InChI is InChI=1S/C19H24N2O5S/c1-13(17-12-15(25-4)8-11-18(17)26-5)20-19(22)14-6-9-16(10-7-14)27(23,24)21(2)3/h6-13H,1-5H3,(H,20,22)/t13-/m1/s1. The number of benzene rings is 2. The minimum absolute atomic E-state index is 0.131. The van der Waals surface area contributed by atoms with Crippen LogP contribution in [0.5, 0.6) is 11.5 Å². The third-order valence-corrected chi connectivity index (χ3v) is 5.98. The molecule has 2 rings (SSSR count). The highest BCUT2D eigenvalue weighted by atomic mass is 32.2. The third kappa shape index (κ3) is 4.58. The molecular weight excluding hydrogens is 368 g/mol. The fourth-order valence-electron chi connectivity index (χ4n) is 2.52. The van der Waals surface area contributed by atoms with Crippen molar-refractivity contribution in [2.75, 3.05) is 28.3 Å². The van der Waals surface area contributed by atoms with Gasteiger partial charge in [-0.1, -0.05) is 0 Å². The van der Waals surface area contributed by atoms with Crippen molar-refractivity contribution in [3.05, 3.63) is 53.6 Å². The summed E-state index contributed by atoms with van der Waals surface area (Å²) < 4.78 is 35.9. The normalized spacial score (nSPS) is 12.5. The Morgan fingerprint density at radius 2 is 1.67 bits per heavy atom. The summed E-state index contributed by atoms with van der Waals surface area (Å²) in [5.41, 5.74) is 1.14. The molecule has 1 amide bonds. The maximum absolute atomic E-state index is 12.5. The van der Waals surface area contributed by atoms with Gasteiger partial charge < -0.3 is 14.8 Å². The second kappa shape index (κ2) is 8.41. The highest BCUT2D eigenvalue weighted by Crippen LogP contribution is 2.29. The molecule has 8 heteroatoms. The molecule has 0 bridgehead atoms. The van der Waals surface area contributed by atoms with Crippen LogP contribution >= 0.6 is 0 Å². The quantitative estimate of drug-likeness (QED) is 0.782. The molecule has 0 heterocycles. The number of nitrogens with one attached hydrogen (secondary N) is 1. The predicted octanol–water partition coefficient (Wildman–Crippen LogP) is 2.45. The predicted molar refractivity (Wildman–Crippen MR) is 103 cm³/mol. The number of amides is 1. The molecule has 146 valence electrons. The zero-order chi connectivity index (χ0) is 20.2. The highest BCUT2D eigenvalue weighted by molar-refractivity contribution is 7.89. The van der Waals surface area contributed by atoms with Gasteiger partial charge in [-0.05, 0) is 49.4 Å². The number of sulfonamides is 1. The summed E-state index contributed by atoms with van der Waals surface area (Å²) in [5.74, 6) is 0.974. The molecule has 0 aromatic heterocycles. The summed E-state index contributed by atoms with van der Waals surface area (Å²) in [7, 11) is 2.51. The van der Waals surface area contributed by atoms with E-state index >= 15 is 0 Å². The summed E-state index contributed by atoms with van der Waals surface area (Å²) in [6.45, 7) is 1.83. The van der Waals surface area contributed by atoms with Crippen LogP contribution in [0.25, 0.3) is 0 Å². The minimum atomic E-state index is -3.53. The molecular formula is C19H24N2O5S. The molecule has 0 aliphatic rings. The summed E-state index contributed by atoms with van der Waals surface area (Å²) in [6.07, 6.45) is 0. The highest BCUT2D eigenvalue weighted by Gasteiger charge is 2.19. The third-order valence-electron chi connectivity index (χ3n) is 4.15. The first-order chi connectivity index (χ1) is 12.7. The zero-order valence-electron chi connectivity index (χ0n) is 16.0. The molecule has 0 saturated carbocycles. The molecule has 0 saturated heterocycles. The summed E-state index contributed by atoms with van der Waals surface area (Å²) in [6, 6.07) is 10.8. The summed E-state index contributed by atoms with van der Waals surface area (Å²) >= 11 is 0. The van der Waals surface area contributed by atoms with Crippen molar-refractivity contribution in [3.8, 4) is 11.5 Å². The summed E-state index contributed by atoms with van der Waals surface area (Å²) in [5, 5.41) is 2.89. The Hall–Kier alpha value is -2.58. The van der Waals surface area contributed by atoms with Gasteiger partial charge in [0.05, 0.1) is 25.2 Å². The topological polar surface area (TPSA) is 84.9 Å². The van der Waals surface area contributed by atoms with Gasteiger partial charge in [-0.15, -0.1) is 0 Å². The van der Waals surface area contributed by atoms with E-state index in [4.69, 9.17) is 9.47 Å². The Morgan fingerprint density at radius 3 is 2.19 bits per heavy atom. The van der Waals surface area contributed by atoms with E-state index in [0.717, 1.165) is 9.87 Å². The number of methoxy groups -OCH3 is 2. The lowest BCUT2D eigenvalue weighted by molar-refractivity contribution is 0.0939. The Bertz CT molecular complexity index is 908. The number of carbonyl (C=O) groups is 1. The van der Waals surface area contributed by atoms with E-state index in [1.165, 1.54) is 38.4 Å². The largest absolute Gasteiger partial charge is 0.497 e. The van der Waals surface area contributed by atoms with Crippen molar-refractivity contribution in [1.82, 2.24) is 9.62 Å². The zero-order valence-corrected chi connectivity index (χ0v) is 16.8. The van der Waals surface area contributed by atoms with Gasteiger partial charge in [0.1, 0.15) is 11.5 Å². The number of hydrogen-bond acceptors (Lipinski definition) is 5. The van der Waals surface area contributed by atoms with E-state index in [9.17, 15) is 13.2 Å². The van der Waals surface area contributed by atoms with Crippen molar-refractivity contribution >= 4 is 15.9 Å². The average Bonchev–Trinajstić information content (AvgIpc) is 2.67. The molecule has 0 aliphatic carbocycles. The minimum Gasteiger partial charge on any atom is -0.497 e.